The lowest BCUT2D eigenvalue weighted by Crippen LogP contribution is -2.33. The van der Waals surface area contributed by atoms with Gasteiger partial charge in [-0.3, -0.25) is 4.79 Å². The molecule has 4 heteroatoms. The summed E-state index contributed by atoms with van der Waals surface area (Å²) in [6, 6.07) is 16.0. The highest BCUT2D eigenvalue weighted by Crippen LogP contribution is 2.19. The summed E-state index contributed by atoms with van der Waals surface area (Å²) >= 11 is 0. The minimum atomic E-state index is -0.0449. The van der Waals surface area contributed by atoms with E-state index in [-0.39, 0.29) is 25.0 Å². The van der Waals surface area contributed by atoms with E-state index in [1.807, 2.05) is 62.4 Å². The average Bonchev–Trinajstić information content (AvgIpc) is 2.59. The summed E-state index contributed by atoms with van der Waals surface area (Å²) in [7, 11) is 0. The molecule has 0 bridgehead atoms. The normalized spacial score (nSPS) is 11.8. The molecule has 1 amide bonds. The smallest absolute Gasteiger partial charge is 0.239 e. The third-order valence-electron chi connectivity index (χ3n) is 4.20. The minimum absolute atomic E-state index is 0.0449. The van der Waals surface area contributed by atoms with Crippen molar-refractivity contribution < 1.29 is 9.90 Å². The SMILES string of the molecule is Cc1cccc(C)c1NCC(=O)NCC(CCO)c1ccccc1. The van der Waals surface area contributed by atoms with Gasteiger partial charge in [0.25, 0.3) is 0 Å². The quantitative estimate of drug-likeness (QED) is 0.699. The third kappa shape index (κ3) is 5.10. The summed E-state index contributed by atoms with van der Waals surface area (Å²) in [5, 5.41) is 15.4. The number of aliphatic hydroxyl groups excluding tert-OH is 1. The number of hydrogen-bond acceptors (Lipinski definition) is 3. The lowest BCUT2D eigenvalue weighted by Gasteiger charge is -2.18. The molecule has 0 fully saturated rings. The highest BCUT2D eigenvalue weighted by Gasteiger charge is 2.12. The van der Waals surface area contributed by atoms with Crippen LogP contribution in [0.1, 0.15) is 29.0 Å². The lowest BCUT2D eigenvalue weighted by atomic mass is 9.96. The molecule has 0 spiro atoms. The number of aryl methyl sites for hydroxylation is 2. The van der Waals surface area contributed by atoms with Gasteiger partial charge < -0.3 is 15.7 Å². The number of para-hydroxylation sites is 1. The monoisotopic (exact) mass is 326 g/mol. The van der Waals surface area contributed by atoms with Crippen LogP contribution in [0.3, 0.4) is 0 Å². The number of anilines is 1. The van der Waals surface area contributed by atoms with Crippen LogP contribution in [0, 0.1) is 13.8 Å². The van der Waals surface area contributed by atoms with Gasteiger partial charge in [-0.05, 0) is 37.0 Å². The Morgan fingerprint density at radius 2 is 1.71 bits per heavy atom. The summed E-state index contributed by atoms with van der Waals surface area (Å²) in [5.74, 6) is 0.0804. The molecule has 0 aromatic heterocycles. The Labute approximate surface area is 143 Å². The first-order valence-corrected chi connectivity index (χ1v) is 8.34. The third-order valence-corrected chi connectivity index (χ3v) is 4.20. The Kier molecular flexibility index (Phi) is 6.82. The zero-order valence-electron chi connectivity index (χ0n) is 14.4. The van der Waals surface area contributed by atoms with Gasteiger partial charge in [0.2, 0.25) is 5.91 Å². The van der Waals surface area contributed by atoms with E-state index in [4.69, 9.17) is 0 Å². The summed E-state index contributed by atoms with van der Waals surface area (Å²) < 4.78 is 0. The number of carbonyl (C=O) groups excluding carboxylic acids is 1. The molecule has 1 unspecified atom stereocenters. The van der Waals surface area contributed by atoms with Gasteiger partial charge in [0.1, 0.15) is 0 Å². The van der Waals surface area contributed by atoms with E-state index in [1.165, 1.54) is 0 Å². The van der Waals surface area contributed by atoms with Crippen molar-refractivity contribution in [3.05, 3.63) is 65.2 Å². The van der Waals surface area contributed by atoms with Crippen LogP contribution in [0.25, 0.3) is 0 Å². The van der Waals surface area contributed by atoms with E-state index in [9.17, 15) is 9.90 Å². The van der Waals surface area contributed by atoms with Crippen LogP contribution in [0.5, 0.6) is 0 Å². The maximum absolute atomic E-state index is 12.1. The van der Waals surface area contributed by atoms with E-state index < -0.39 is 0 Å². The molecule has 2 aromatic carbocycles. The molecule has 3 N–H and O–H groups in total. The summed E-state index contributed by atoms with van der Waals surface area (Å²) in [5.41, 5.74) is 4.41. The largest absolute Gasteiger partial charge is 0.396 e. The van der Waals surface area contributed by atoms with Crippen molar-refractivity contribution in [2.24, 2.45) is 0 Å². The number of aliphatic hydroxyl groups is 1. The van der Waals surface area contributed by atoms with Crippen molar-refractivity contribution in [2.45, 2.75) is 26.2 Å². The zero-order chi connectivity index (χ0) is 17.4. The molecule has 1 atom stereocenters. The molecule has 0 aliphatic rings. The Morgan fingerprint density at radius 3 is 2.33 bits per heavy atom. The van der Waals surface area contributed by atoms with Crippen LogP contribution < -0.4 is 10.6 Å². The fourth-order valence-corrected chi connectivity index (χ4v) is 2.83. The van der Waals surface area contributed by atoms with Crippen molar-refractivity contribution >= 4 is 11.6 Å². The van der Waals surface area contributed by atoms with Crippen molar-refractivity contribution in [1.82, 2.24) is 5.32 Å². The van der Waals surface area contributed by atoms with Crippen LogP contribution in [-0.2, 0) is 4.79 Å². The predicted molar refractivity (Wildman–Crippen MR) is 98.3 cm³/mol. The molecule has 0 radical (unpaired) electrons. The molecule has 0 aliphatic carbocycles. The second-order valence-electron chi connectivity index (χ2n) is 6.04. The Morgan fingerprint density at radius 1 is 1.04 bits per heavy atom. The second kappa shape index (κ2) is 9.08. The molecule has 128 valence electrons. The van der Waals surface area contributed by atoms with E-state index in [0.717, 1.165) is 22.4 Å². The number of nitrogens with one attached hydrogen (secondary N) is 2. The Balaban J connectivity index is 1.87. The van der Waals surface area contributed by atoms with E-state index in [0.29, 0.717) is 13.0 Å². The molecule has 0 saturated heterocycles. The lowest BCUT2D eigenvalue weighted by molar-refractivity contribution is -0.119. The van der Waals surface area contributed by atoms with Crippen molar-refractivity contribution in [3.63, 3.8) is 0 Å². The number of amides is 1. The summed E-state index contributed by atoms with van der Waals surface area (Å²) in [6.45, 7) is 4.93. The van der Waals surface area contributed by atoms with E-state index in [2.05, 4.69) is 10.6 Å². The molecule has 0 saturated carbocycles. The van der Waals surface area contributed by atoms with Crippen LogP contribution in [-0.4, -0.2) is 30.7 Å². The molecular weight excluding hydrogens is 300 g/mol. The van der Waals surface area contributed by atoms with Gasteiger partial charge in [0, 0.05) is 24.8 Å². The number of carbonyl (C=O) groups is 1. The number of rotatable bonds is 8. The molecule has 24 heavy (non-hydrogen) atoms. The van der Waals surface area contributed by atoms with Gasteiger partial charge >= 0.3 is 0 Å². The van der Waals surface area contributed by atoms with Crippen LogP contribution in [0.15, 0.2) is 48.5 Å². The topological polar surface area (TPSA) is 61.4 Å². The number of benzene rings is 2. The van der Waals surface area contributed by atoms with Gasteiger partial charge in [0.15, 0.2) is 0 Å². The van der Waals surface area contributed by atoms with Crippen molar-refractivity contribution in [3.8, 4) is 0 Å². The highest BCUT2D eigenvalue weighted by atomic mass is 16.3. The zero-order valence-corrected chi connectivity index (χ0v) is 14.4. The standard InChI is InChI=1S/C20H26N2O2/c1-15-7-6-8-16(2)20(15)22-14-19(24)21-13-18(11-12-23)17-9-4-3-5-10-17/h3-10,18,22-23H,11-14H2,1-2H3,(H,21,24). The fraction of sp³-hybridized carbons (Fsp3) is 0.350. The Bertz CT molecular complexity index is 636. The first-order valence-electron chi connectivity index (χ1n) is 8.34. The van der Waals surface area contributed by atoms with Gasteiger partial charge in [-0.1, -0.05) is 48.5 Å². The van der Waals surface area contributed by atoms with Gasteiger partial charge in [-0.15, -0.1) is 0 Å². The molecule has 0 aliphatic heterocycles. The predicted octanol–water partition coefficient (Wildman–Crippen LogP) is 3.00. The van der Waals surface area contributed by atoms with Gasteiger partial charge in [0.05, 0.1) is 6.54 Å². The van der Waals surface area contributed by atoms with Gasteiger partial charge in [-0.25, -0.2) is 0 Å². The molecule has 0 heterocycles. The summed E-state index contributed by atoms with van der Waals surface area (Å²) in [6.07, 6.45) is 0.634. The fourth-order valence-electron chi connectivity index (χ4n) is 2.83. The molecule has 4 nitrogen and oxygen atoms in total. The molecule has 2 rings (SSSR count). The minimum Gasteiger partial charge on any atom is -0.396 e. The first kappa shape index (κ1) is 18.0. The highest BCUT2D eigenvalue weighted by molar-refractivity contribution is 5.81. The van der Waals surface area contributed by atoms with Gasteiger partial charge in [-0.2, -0.15) is 0 Å². The molecule has 2 aromatic rings. The van der Waals surface area contributed by atoms with E-state index >= 15 is 0 Å². The van der Waals surface area contributed by atoms with Crippen LogP contribution in [0.2, 0.25) is 0 Å². The van der Waals surface area contributed by atoms with E-state index in [1.54, 1.807) is 0 Å². The molecular formula is C20H26N2O2. The maximum Gasteiger partial charge on any atom is 0.239 e. The van der Waals surface area contributed by atoms with Crippen LogP contribution in [0.4, 0.5) is 5.69 Å². The maximum atomic E-state index is 12.1. The average molecular weight is 326 g/mol. The Hall–Kier alpha value is -2.33. The second-order valence-corrected chi connectivity index (χ2v) is 6.04. The summed E-state index contributed by atoms with van der Waals surface area (Å²) in [4.78, 5) is 12.1. The van der Waals surface area contributed by atoms with Crippen molar-refractivity contribution in [2.75, 3.05) is 25.0 Å². The first-order chi connectivity index (χ1) is 11.6. The number of hydrogen-bond donors (Lipinski definition) is 3. The van der Waals surface area contributed by atoms with Crippen molar-refractivity contribution in [1.29, 1.82) is 0 Å². The van der Waals surface area contributed by atoms with Crippen LogP contribution >= 0.6 is 0 Å².